The van der Waals surface area contributed by atoms with Crippen LogP contribution in [0, 0.1) is 0 Å². The van der Waals surface area contributed by atoms with Gasteiger partial charge in [0.1, 0.15) is 0 Å². The SMILES string of the molecule is O=c1[nH]c(NCC2(c3cccc(C(F)(F)F)c3)CC2)nc2ccccc12. The molecule has 1 saturated carbocycles. The number of benzene rings is 2. The predicted molar refractivity (Wildman–Crippen MR) is 93.2 cm³/mol. The van der Waals surface area contributed by atoms with Gasteiger partial charge in [-0.2, -0.15) is 13.2 Å². The molecule has 7 heteroatoms. The zero-order valence-electron chi connectivity index (χ0n) is 13.7. The summed E-state index contributed by atoms with van der Waals surface area (Å²) in [6.45, 7) is 0.412. The van der Waals surface area contributed by atoms with Crippen LogP contribution in [0.3, 0.4) is 0 Å². The summed E-state index contributed by atoms with van der Waals surface area (Å²) in [6, 6.07) is 12.4. The molecule has 1 heterocycles. The Morgan fingerprint density at radius 3 is 2.62 bits per heavy atom. The molecule has 2 N–H and O–H groups in total. The largest absolute Gasteiger partial charge is 0.416 e. The van der Waals surface area contributed by atoms with Gasteiger partial charge in [0, 0.05) is 12.0 Å². The highest BCUT2D eigenvalue weighted by Crippen LogP contribution is 2.49. The Morgan fingerprint density at radius 1 is 1.12 bits per heavy atom. The van der Waals surface area contributed by atoms with Gasteiger partial charge in [-0.05, 0) is 36.6 Å². The molecule has 2 aromatic carbocycles. The third-order valence-corrected chi connectivity index (χ3v) is 4.86. The number of hydrogen-bond acceptors (Lipinski definition) is 3. The van der Waals surface area contributed by atoms with Crippen molar-refractivity contribution in [3.63, 3.8) is 0 Å². The van der Waals surface area contributed by atoms with Crippen molar-refractivity contribution in [3.05, 3.63) is 70.0 Å². The fourth-order valence-electron chi connectivity index (χ4n) is 3.17. The van der Waals surface area contributed by atoms with Crippen LogP contribution in [0.25, 0.3) is 10.9 Å². The van der Waals surface area contributed by atoms with Gasteiger partial charge in [-0.15, -0.1) is 0 Å². The molecular weight excluding hydrogens is 343 g/mol. The molecule has 3 aromatic rings. The maximum Gasteiger partial charge on any atom is 0.416 e. The molecule has 1 aliphatic rings. The van der Waals surface area contributed by atoms with Gasteiger partial charge in [-0.3, -0.25) is 9.78 Å². The molecule has 0 saturated heterocycles. The number of para-hydroxylation sites is 1. The van der Waals surface area contributed by atoms with Gasteiger partial charge in [0.15, 0.2) is 0 Å². The molecule has 0 amide bonds. The lowest BCUT2D eigenvalue weighted by Crippen LogP contribution is -2.23. The van der Waals surface area contributed by atoms with E-state index in [-0.39, 0.29) is 11.0 Å². The number of fused-ring (bicyclic) bond motifs is 1. The first-order valence-electron chi connectivity index (χ1n) is 8.28. The molecule has 0 radical (unpaired) electrons. The summed E-state index contributed by atoms with van der Waals surface area (Å²) in [6.07, 6.45) is -2.77. The molecule has 4 nitrogen and oxygen atoms in total. The van der Waals surface area contributed by atoms with E-state index in [2.05, 4.69) is 15.3 Å². The van der Waals surface area contributed by atoms with Crippen molar-refractivity contribution in [2.24, 2.45) is 0 Å². The summed E-state index contributed by atoms with van der Waals surface area (Å²) >= 11 is 0. The van der Waals surface area contributed by atoms with Crippen LogP contribution >= 0.6 is 0 Å². The summed E-state index contributed by atoms with van der Waals surface area (Å²) in [5.74, 6) is 0.326. The van der Waals surface area contributed by atoms with E-state index in [4.69, 9.17) is 0 Å². The van der Waals surface area contributed by atoms with Crippen LogP contribution < -0.4 is 10.9 Å². The molecule has 0 aliphatic heterocycles. The summed E-state index contributed by atoms with van der Waals surface area (Å²) in [7, 11) is 0. The fourth-order valence-corrected chi connectivity index (χ4v) is 3.17. The second kappa shape index (κ2) is 5.86. The van der Waals surface area contributed by atoms with Crippen molar-refractivity contribution in [1.29, 1.82) is 0 Å². The molecule has 0 unspecified atom stereocenters. The van der Waals surface area contributed by atoms with Crippen LogP contribution in [0.4, 0.5) is 19.1 Å². The summed E-state index contributed by atoms with van der Waals surface area (Å²) < 4.78 is 38.9. The average Bonchev–Trinajstić information content (AvgIpc) is 3.41. The van der Waals surface area contributed by atoms with Crippen molar-refractivity contribution in [2.75, 3.05) is 11.9 Å². The number of rotatable bonds is 4. The molecule has 1 aliphatic carbocycles. The zero-order valence-corrected chi connectivity index (χ0v) is 13.7. The highest BCUT2D eigenvalue weighted by atomic mass is 19.4. The van der Waals surface area contributed by atoms with E-state index in [1.807, 2.05) is 0 Å². The third kappa shape index (κ3) is 3.05. The van der Waals surface area contributed by atoms with E-state index in [0.29, 0.717) is 29.0 Å². The number of nitrogens with zero attached hydrogens (tertiary/aromatic N) is 1. The van der Waals surface area contributed by atoms with Crippen LogP contribution in [-0.4, -0.2) is 16.5 Å². The maximum absolute atomic E-state index is 13.0. The molecular formula is C19H16F3N3O. The van der Waals surface area contributed by atoms with E-state index >= 15 is 0 Å². The minimum atomic E-state index is -4.36. The topological polar surface area (TPSA) is 57.8 Å². The smallest absolute Gasteiger partial charge is 0.355 e. The lowest BCUT2D eigenvalue weighted by Gasteiger charge is -2.18. The van der Waals surface area contributed by atoms with Crippen molar-refractivity contribution in [1.82, 2.24) is 9.97 Å². The van der Waals surface area contributed by atoms with Gasteiger partial charge in [0.2, 0.25) is 5.95 Å². The lowest BCUT2D eigenvalue weighted by molar-refractivity contribution is -0.137. The Labute approximate surface area is 147 Å². The number of H-pyrrole nitrogens is 1. The predicted octanol–water partition coefficient (Wildman–Crippen LogP) is 4.09. The monoisotopic (exact) mass is 359 g/mol. The quantitative estimate of drug-likeness (QED) is 0.738. The van der Waals surface area contributed by atoms with Gasteiger partial charge in [-0.1, -0.05) is 30.3 Å². The first-order chi connectivity index (χ1) is 12.4. The summed E-state index contributed by atoms with van der Waals surface area (Å²) in [5, 5.41) is 3.59. The molecule has 1 aromatic heterocycles. The number of aromatic amines is 1. The number of anilines is 1. The molecule has 0 atom stereocenters. The fraction of sp³-hybridized carbons (Fsp3) is 0.263. The number of alkyl halides is 3. The Hall–Kier alpha value is -2.83. The van der Waals surface area contributed by atoms with E-state index in [9.17, 15) is 18.0 Å². The standard InChI is InChI=1S/C19H16F3N3O/c20-19(21,22)13-5-3-4-12(10-13)18(8-9-18)11-23-17-24-15-7-2-1-6-14(15)16(26)25-17/h1-7,10H,8-9,11H2,(H2,23,24,25,26). The lowest BCUT2D eigenvalue weighted by atomic mass is 9.94. The Balaban J connectivity index is 1.58. The molecule has 134 valence electrons. The van der Waals surface area contributed by atoms with E-state index < -0.39 is 11.7 Å². The minimum Gasteiger partial charge on any atom is -0.355 e. The normalized spacial score (nSPS) is 15.8. The molecule has 0 spiro atoms. The second-order valence-corrected chi connectivity index (χ2v) is 6.64. The first-order valence-corrected chi connectivity index (χ1v) is 8.28. The Bertz CT molecular complexity index is 1020. The molecule has 0 bridgehead atoms. The summed E-state index contributed by atoms with van der Waals surface area (Å²) in [4.78, 5) is 19.2. The third-order valence-electron chi connectivity index (χ3n) is 4.86. The number of aromatic nitrogens is 2. The highest BCUT2D eigenvalue weighted by Gasteiger charge is 2.45. The van der Waals surface area contributed by atoms with Crippen LogP contribution in [0.5, 0.6) is 0 Å². The maximum atomic E-state index is 13.0. The second-order valence-electron chi connectivity index (χ2n) is 6.64. The van der Waals surface area contributed by atoms with Crippen LogP contribution in [0.15, 0.2) is 53.3 Å². The van der Waals surface area contributed by atoms with Gasteiger partial charge in [0.25, 0.3) is 5.56 Å². The molecule has 4 rings (SSSR count). The van der Waals surface area contributed by atoms with Crippen molar-refractivity contribution >= 4 is 16.9 Å². The van der Waals surface area contributed by atoms with Crippen LogP contribution in [0.1, 0.15) is 24.0 Å². The zero-order chi connectivity index (χ0) is 18.4. The van der Waals surface area contributed by atoms with Crippen molar-refractivity contribution < 1.29 is 13.2 Å². The van der Waals surface area contributed by atoms with Gasteiger partial charge in [0.05, 0.1) is 16.5 Å². The van der Waals surface area contributed by atoms with Crippen molar-refractivity contribution in [3.8, 4) is 0 Å². The van der Waals surface area contributed by atoms with Crippen LogP contribution in [0.2, 0.25) is 0 Å². The number of hydrogen-bond donors (Lipinski definition) is 2. The van der Waals surface area contributed by atoms with E-state index in [1.54, 1.807) is 30.3 Å². The summed E-state index contributed by atoms with van der Waals surface area (Å²) in [5.41, 5.74) is -0.0166. The Morgan fingerprint density at radius 2 is 1.88 bits per heavy atom. The minimum absolute atomic E-state index is 0.248. The van der Waals surface area contributed by atoms with Gasteiger partial charge in [-0.25, -0.2) is 4.98 Å². The molecule has 1 fully saturated rings. The molecule has 26 heavy (non-hydrogen) atoms. The van der Waals surface area contributed by atoms with Crippen molar-refractivity contribution in [2.45, 2.75) is 24.4 Å². The Kier molecular flexibility index (Phi) is 3.75. The van der Waals surface area contributed by atoms with Crippen LogP contribution in [-0.2, 0) is 11.6 Å². The van der Waals surface area contributed by atoms with Gasteiger partial charge < -0.3 is 5.32 Å². The average molecular weight is 359 g/mol. The van der Waals surface area contributed by atoms with E-state index in [1.165, 1.54) is 12.1 Å². The first kappa shape index (κ1) is 16.6. The highest BCUT2D eigenvalue weighted by molar-refractivity contribution is 5.78. The number of halogens is 3. The van der Waals surface area contributed by atoms with E-state index in [0.717, 1.165) is 18.9 Å². The number of nitrogens with one attached hydrogen (secondary N) is 2. The van der Waals surface area contributed by atoms with Gasteiger partial charge >= 0.3 is 6.18 Å².